The lowest BCUT2D eigenvalue weighted by atomic mass is 9.77. The van der Waals surface area contributed by atoms with Crippen LogP contribution in [0.1, 0.15) is 48.3 Å². The van der Waals surface area contributed by atoms with Crippen molar-refractivity contribution >= 4 is 23.4 Å². The van der Waals surface area contributed by atoms with Gasteiger partial charge in [-0.2, -0.15) is 0 Å². The fourth-order valence-corrected chi connectivity index (χ4v) is 6.27. The van der Waals surface area contributed by atoms with Crippen LogP contribution in [-0.4, -0.2) is 70.5 Å². The number of methoxy groups -OCH3 is 1. The molecule has 0 radical (unpaired) electrons. The van der Waals surface area contributed by atoms with E-state index in [4.69, 9.17) is 21.1 Å². The second-order valence-electron chi connectivity index (χ2n) is 10.6. The zero-order valence-corrected chi connectivity index (χ0v) is 23.1. The van der Waals surface area contributed by atoms with Crippen molar-refractivity contribution in [3.05, 3.63) is 69.8 Å². The number of ether oxygens (including phenoxy) is 2. The Hall–Kier alpha value is -3.11. The van der Waals surface area contributed by atoms with Gasteiger partial charge in [0.1, 0.15) is 12.2 Å². The third-order valence-electron chi connectivity index (χ3n) is 8.11. The third-order valence-corrected chi connectivity index (χ3v) is 8.36. The summed E-state index contributed by atoms with van der Waals surface area (Å²) in [5.74, 6) is -0.551. The van der Waals surface area contributed by atoms with Gasteiger partial charge in [0.25, 0.3) is 0 Å². The van der Waals surface area contributed by atoms with Crippen LogP contribution in [0.3, 0.4) is 0 Å². The molecule has 2 aromatic carbocycles. The van der Waals surface area contributed by atoms with Crippen LogP contribution in [0.25, 0.3) is 0 Å². The minimum atomic E-state index is -1.16. The number of carbonyl (C=O) groups is 2. The average Bonchev–Trinajstić information content (AvgIpc) is 3.64. The van der Waals surface area contributed by atoms with Gasteiger partial charge in [-0.25, -0.2) is 0 Å². The number of halogens is 1. The second kappa shape index (κ2) is 12.2. The summed E-state index contributed by atoms with van der Waals surface area (Å²) in [6.45, 7) is -0.215. The monoisotopic (exact) mass is 570 g/mol. The van der Waals surface area contributed by atoms with Crippen molar-refractivity contribution in [3.63, 3.8) is 0 Å². The molecule has 9 nitrogen and oxygen atoms in total. The van der Waals surface area contributed by atoms with Gasteiger partial charge in [0.2, 0.25) is 11.8 Å². The van der Waals surface area contributed by atoms with Crippen LogP contribution in [0, 0.1) is 5.92 Å². The van der Waals surface area contributed by atoms with Crippen LogP contribution in [0.15, 0.2) is 48.0 Å². The number of rotatable bonds is 9. The predicted octanol–water partition coefficient (Wildman–Crippen LogP) is 2.68. The van der Waals surface area contributed by atoms with Gasteiger partial charge in [0, 0.05) is 35.2 Å². The van der Waals surface area contributed by atoms with Crippen molar-refractivity contribution in [1.82, 2.24) is 10.2 Å². The Bertz CT molecular complexity index is 1280. The molecule has 40 heavy (non-hydrogen) atoms. The molecular weight excluding hydrogens is 536 g/mol. The summed E-state index contributed by atoms with van der Waals surface area (Å²) < 4.78 is 11.8. The van der Waals surface area contributed by atoms with Crippen molar-refractivity contribution < 1.29 is 34.4 Å². The van der Waals surface area contributed by atoms with Crippen molar-refractivity contribution in [2.45, 2.75) is 63.0 Å². The highest BCUT2D eigenvalue weighted by atomic mass is 35.5. The van der Waals surface area contributed by atoms with E-state index < -0.39 is 30.1 Å². The van der Waals surface area contributed by atoms with Crippen molar-refractivity contribution in [3.8, 4) is 11.5 Å². The summed E-state index contributed by atoms with van der Waals surface area (Å²) in [7, 11) is 1.49. The molecule has 2 amide bonds. The molecule has 1 fully saturated rings. The van der Waals surface area contributed by atoms with E-state index in [1.807, 2.05) is 12.1 Å². The highest BCUT2D eigenvalue weighted by Crippen LogP contribution is 2.51. The Kier molecular flexibility index (Phi) is 8.65. The van der Waals surface area contributed by atoms with Gasteiger partial charge >= 0.3 is 0 Å². The van der Waals surface area contributed by atoms with Gasteiger partial charge in [-0.15, -0.1) is 0 Å². The lowest BCUT2D eigenvalue weighted by molar-refractivity contribution is -0.142. The molecule has 4 atom stereocenters. The number of hydrogen-bond donors (Lipinski definition) is 4. The molecule has 214 valence electrons. The Labute approximate surface area is 238 Å². The highest BCUT2D eigenvalue weighted by Gasteiger charge is 2.52. The van der Waals surface area contributed by atoms with E-state index in [2.05, 4.69) is 5.32 Å². The van der Waals surface area contributed by atoms with Gasteiger partial charge in [-0.05, 0) is 54.3 Å². The Morgan fingerprint density at radius 1 is 1.12 bits per heavy atom. The Balaban J connectivity index is 1.59. The molecule has 0 spiro atoms. The third kappa shape index (κ3) is 5.43. The van der Waals surface area contributed by atoms with Crippen LogP contribution in [0.4, 0.5) is 0 Å². The average molecular weight is 571 g/mol. The fourth-order valence-electron chi connectivity index (χ4n) is 6.14. The minimum absolute atomic E-state index is 0.0456. The largest absolute Gasteiger partial charge is 0.493 e. The van der Waals surface area contributed by atoms with Crippen LogP contribution in [-0.2, 0) is 22.7 Å². The summed E-state index contributed by atoms with van der Waals surface area (Å²) >= 11 is 6.10. The van der Waals surface area contributed by atoms with Gasteiger partial charge in [-0.1, -0.05) is 36.6 Å². The van der Waals surface area contributed by atoms with E-state index in [0.717, 1.165) is 31.2 Å². The summed E-state index contributed by atoms with van der Waals surface area (Å²) in [5.41, 5.74) is 2.36. The van der Waals surface area contributed by atoms with Crippen molar-refractivity contribution in [1.29, 1.82) is 0 Å². The Morgan fingerprint density at radius 2 is 1.85 bits per heavy atom. The Morgan fingerprint density at radius 3 is 2.50 bits per heavy atom. The van der Waals surface area contributed by atoms with E-state index in [9.17, 15) is 24.9 Å². The van der Waals surface area contributed by atoms with Gasteiger partial charge in [0.15, 0.2) is 11.5 Å². The molecule has 1 aliphatic heterocycles. The lowest BCUT2D eigenvalue weighted by Gasteiger charge is -2.41. The minimum Gasteiger partial charge on any atom is -0.493 e. The number of benzene rings is 2. The topological polar surface area (TPSA) is 129 Å². The van der Waals surface area contributed by atoms with E-state index in [-0.39, 0.29) is 38.1 Å². The second-order valence-corrected chi connectivity index (χ2v) is 11.0. The smallest absolute Gasteiger partial charge is 0.247 e. The number of carbonyl (C=O) groups excluding carboxylic acids is 2. The first-order chi connectivity index (χ1) is 19.4. The SMILES string of the molecule is COc1cc(CO)cc2c1OC1C2C(C(=O)NCCO)=CC(N(Cc2ccc(Cl)cc2)C(=O)C2CCCC2)C1O. The predicted molar refractivity (Wildman–Crippen MR) is 148 cm³/mol. The summed E-state index contributed by atoms with van der Waals surface area (Å²) in [5, 5.41) is 34.3. The van der Waals surface area contributed by atoms with Crippen molar-refractivity contribution in [2.75, 3.05) is 20.3 Å². The number of aliphatic hydroxyl groups excluding tert-OH is 3. The zero-order chi connectivity index (χ0) is 28.4. The summed E-state index contributed by atoms with van der Waals surface area (Å²) in [6, 6.07) is 9.76. The number of aliphatic hydroxyl groups is 3. The van der Waals surface area contributed by atoms with Gasteiger partial charge < -0.3 is 35.0 Å². The molecule has 2 aliphatic carbocycles. The van der Waals surface area contributed by atoms with Crippen LogP contribution in [0.2, 0.25) is 5.02 Å². The standard InChI is InChI=1S/C30H35ClN2O7/c1-39-24-13-18(16-35)12-21-25-22(29(37)32-10-11-34)14-23(26(36)28(25)40-27(21)24)33(30(38)19-4-2-3-5-19)15-17-6-8-20(31)9-7-17/h6-9,12-14,19,23,25-26,28,34-36H,2-5,10-11,15-16H2,1H3,(H,32,37). The molecule has 1 saturated carbocycles. The van der Waals surface area contributed by atoms with E-state index in [1.165, 1.54) is 7.11 Å². The number of nitrogens with zero attached hydrogens (tertiary/aromatic N) is 1. The maximum Gasteiger partial charge on any atom is 0.247 e. The molecule has 0 bridgehead atoms. The quantitative estimate of drug-likeness (QED) is 0.365. The molecular formula is C30H35ClN2O7. The van der Waals surface area contributed by atoms with E-state index in [0.29, 0.717) is 33.2 Å². The molecule has 4 N–H and O–H groups in total. The summed E-state index contributed by atoms with van der Waals surface area (Å²) in [4.78, 5) is 29.1. The van der Waals surface area contributed by atoms with Crippen molar-refractivity contribution in [2.24, 2.45) is 5.92 Å². The number of hydrogen-bond acceptors (Lipinski definition) is 7. The van der Waals surface area contributed by atoms with Gasteiger partial charge in [0.05, 0.1) is 32.3 Å². The number of fused-ring (bicyclic) bond motifs is 3. The molecule has 3 aliphatic rings. The maximum absolute atomic E-state index is 13.9. The van der Waals surface area contributed by atoms with E-state index >= 15 is 0 Å². The molecule has 1 heterocycles. The first-order valence-electron chi connectivity index (χ1n) is 13.7. The molecule has 4 unspecified atom stereocenters. The number of amides is 2. The summed E-state index contributed by atoms with van der Waals surface area (Å²) in [6.07, 6.45) is 3.12. The highest BCUT2D eigenvalue weighted by molar-refractivity contribution is 6.30. The molecule has 2 aromatic rings. The normalized spacial score (nSPS) is 23.6. The van der Waals surface area contributed by atoms with E-state index in [1.54, 1.807) is 35.2 Å². The zero-order valence-electron chi connectivity index (χ0n) is 22.4. The lowest BCUT2D eigenvalue weighted by Crippen LogP contribution is -2.56. The molecule has 10 heteroatoms. The van der Waals surface area contributed by atoms with Crippen LogP contribution < -0.4 is 14.8 Å². The fraction of sp³-hybridized carbons (Fsp3) is 0.467. The molecule has 5 rings (SSSR count). The first-order valence-corrected chi connectivity index (χ1v) is 14.1. The molecule has 0 aromatic heterocycles. The van der Waals surface area contributed by atoms with Gasteiger partial charge in [-0.3, -0.25) is 9.59 Å². The maximum atomic E-state index is 13.9. The van der Waals surface area contributed by atoms with Crippen LogP contribution >= 0.6 is 11.6 Å². The molecule has 0 saturated heterocycles. The number of nitrogens with one attached hydrogen (secondary N) is 1. The van der Waals surface area contributed by atoms with Crippen LogP contribution in [0.5, 0.6) is 11.5 Å². The first kappa shape index (κ1) is 28.4.